The van der Waals surface area contributed by atoms with E-state index in [0.717, 1.165) is 6.07 Å². The number of hydrogen-bond acceptors (Lipinski definition) is 1. The first-order chi connectivity index (χ1) is 7.21. The minimum absolute atomic E-state index is 0.0372. The summed E-state index contributed by atoms with van der Waals surface area (Å²) in [6.45, 7) is 0. The lowest BCUT2D eigenvalue weighted by Gasteiger charge is -2.11. The van der Waals surface area contributed by atoms with Gasteiger partial charge in [0.1, 0.15) is 11.4 Å². The van der Waals surface area contributed by atoms with Crippen molar-refractivity contribution < 1.29 is 27.5 Å². The predicted octanol–water partition coefficient (Wildman–Crippen LogP) is 3.23. The molecule has 0 aliphatic heterocycles. The van der Waals surface area contributed by atoms with Crippen LogP contribution in [-0.4, -0.2) is 11.1 Å². The zero-order chi connectivity index (χ0) is 12.5. The quantitative estimate of drug-likeness (QED) is 0.852. The number of benzene rings is 1. The third-order valence-electron chi connectivity index (χ3n) is 1.74. The van der Waals surface area contributed by atoms with Gasteiger partial charge in [0, 0.05) is 4.47 Å². The van der Waals surface area contributed by atoms with Gasteiger partial charge in [-0.1, -0.05) is 15.9 Å². The summed E-state index contributed by atoms with van der Waals surface area (Å²) in [5.41, 5.74) is -1.47. The van der Waals surface area contributed by atoms with Crippen LogP contribution in [-0.2, 0) is 17.4 Å². The fraction of sp³-hybridized carbons (Fsp3) is 0.222. The first-order valence-corrected chi connectivity index (χ1v) is 4.78. The van der Waals surface area contributed by atoms with Crippen LogP contribution in [0.25, 0.3) is 0 Å². The van der Waals surface area contributed by atoms with Gasteiger partial charge >= 0.3 is 12.1 Å². The Morgan fingerprint density at radius 1 is 1.38 bits per heavy atom. The molecule has 2 nitrogen and oxygen atoms in total. The molecule has 0 spiro atoms. The number of hydrogen-bond donors (Lipinski definition) is 1. The molecular formula is C9H5BrF4O2. The van der Waals surface area contributed by atoms with Crippen LogP contribution in [0.2, 0.25) is 0 Å². The average Bonchev–Trinajstić information content (AvgIpc) is 1.96. The van der Waals surface area contributed by atoms with Crippen LogP contribution >= 0.6 is 15.9 Å². The van der Waals surface area contributed by atoms with Crippen LogP contribution in [0.15, 0.2) is 16.6 Å². The number of carbonyl (C=O) groups is 1. The van der Waals surface area contributed by atoms with E-state index in [0.29, 0.717) is 6.07 Å². The van der Waals surface area contributed by atoms with Gasteiger partial charge in [-0.05, 0) is 17.7 Å². The Morgan fingerprint density at radius 3 is 2.31 bits per heavy atom. The highest BCUT2D eigenvalue weighted by Gasteiger charge is 2.36. The molecule has 0 aromatic heterocycles. The largest absolute Gasteiger partial charge is 0.481 e. The molecule has 0 fully saturated rings. The van der Waals surface area contributed by atoms with Crippen LogP contribution in [0.1, 0.15) is 11.1 Å². The van der Waals surface area contributed by atoms with Crippen LogP contribution < -0.4 is 0 Å². The molecule has 1 aromatic carbocycles. The second kappa shape index (κ2) is 4.40. The van der Waals surface area contributed by atoms with E-state index >= 15 is 0 Å². The maximum Gasteiger partial charge on any atom is 0.420 e. The molecule has 88 valence electrons. The van der Waals surface area contributed by atoms with Crippen LogP contribution in [0.5, 0.6) is 0 Å². The van der Waals surface area contributed by atoms with Crippen LogP contribution in [0.3, 0.4) is 0 Å². The molecule has 0 atom stereocenters. The van der Waals surface area contributed by atoms with Crippen molar-refractivity contribution in [2.75, 3.05) is 0 Å². The molecule has 0 aliphatic carbocycles. The maximum absolute atomic E-state index is 13.1. The summed E-state index contributed by atoms with van der Waals surface area (Å²) < 4.78 is 49.6. The van der Waals surface area contributed by atoms with E-state index in [9.17, 15) is 22.4 Å². The number of carboxylic acid groups (broad SMARTS) is 1. The molecule has 0 saturated carbocycles. The lowest BCUT2D eigenvalue weighted by Crippen LogP contribution is -2.11. The fourth-order valence-corrected chi connectivity index (χ4v) is 1.88. The number of halogens is 5. The predicted molar refractivity (Wildman–Crippen MR) is 50.4 cm³/mol. The van der Waals surface area contributed by atoms with Gasteiger partial charge in [-0.2, -0.15) is 13.2 Å². The molecule has 1 aromatic rings. The summed E-state index contributed by atoms with van der Waals surface area (Å²) in [7, 11) is 0. The monoisotopic (exact) mass is 300 g/mol. The van der Waals surface area contributed by atoms with Crippen molar-refractivity contribution in [1.29, 1.82) is 0 Å². The van der Waals surface area contributed by atoms with Crippen molar-refractivity contribution in [3.05, 3.63) is 33.5 Å². The van der Waals surface area contributed by atoms with Gasteiger partial charge in [-0.25, -0.2) is 4.39 Å². The van der Waals surface area contributed by atoms with Gasteiger partial charge in [-0.15, -0.1) is 0 Å². The summed E-state index contributed by atoms with van der Waals surface area (Å²) in [5.74, 6) is -2.73. The summed E-state index contributed by atoms with van der Waals surface area (Å²) in [6, 6.07) is 1.52. The molecule has 0 unspecified atom stereocenters. The lowest BCUT2D eigenvalue weighted by molar-refractivity contribution is -0.140. The Morgan fingerprint density at radius 2 is 1.94 bits per heavy atom. The average molecular weight is 301 g/mol. The van der Waals surface area contributed by atoms with E-state index in [2.05, 4.69) is 15.9 Å². The third kappa shape index (κ3) is 2.94. The van der Waals surface area contributed by atoms with Crippen molar-refractivity contribution in [3.63, 3.8) is 0 Å². The topological polar surface area (TPSA) is 37.3 Å². The molecule has 0 bridgehead atoms. The maximum atomic E-state index is 13.1. The van der Waals surface area contributed by atoms with Crippen molar-refractivity contribution in [3.8, 4) is 0 Å². The molecule has 1 rings (SSSR count). The van der Waals surface area contributed by atoms with Crippen molar-refractivity contribution in [2.45, 2.75) is 12.6 Å². The number of rotatable bonds is 2. The first kappa shape index (κ1) is 13.0. The molecule has 7 heteroatoms. The minimum Gasteiger partial charge on any atom is -0.481 e. The van der Waals surface area contributed by atoms with Gasteiger partial charge in [0.05, 0.1) is 6.42 Å². The number of aliphatic carboxylic acids is 1. The molecule has 0 heterocycles. The lowest BCUT2D eigenvalue weighted by atomic mass is 10.1. The molecule has 16 heavy (non-hydrogen) atoms. The van der Waals surface area contributed by atoms with E-state index in [1.54, 1.807) is 0 Å². The fourth-order valence-electron chi connectivity index (χ4n) is 1.17. The van der Waals surface area contributed by atoms with Crippen molar-refractivity contribution in [1.82, 2.24) is 0 Å². The minimum atomic E-state index is -4.81. The molecule has 1 N–H and O–H groups in total. The zero-order valence-electron chi connectivity index (χ0n) is 7.61. The Balaban J connectivity index is 3.23. The zero-order valence-corrected chi connectivity index (χ0v) is 9.19. The van der Waals surface area contributed by atoms with E-state index in [4.69, 9.17) is 5.11 Å². The normalized spacial score (nSPS) is 11.6. The molecule has 0 saturated heterocycles. The van der Waals surface area contributed by atoms with E-state index in [1.165, 1.54) is 0 Å². The summed E-state index contributed by atoms with van der Waals surface area (Å²) in [4.78, 5) is 10.3. The number of carboxylic acids is 1. The highest BCUT2D eigenvalue weighted by atomic mass is 79.9. The molecule has 0 radical (unpaired) electrons. The van der Waals surface area contributed by atoms with Gasteiger partial charge in [-0.3, -0.25) is 4.79 Å². The van der Waals surface area contributed by atoms with E-state index in [1.807, 2.05) is 0 Å². The first-order valence-electron chi connectivity index (χ1n) is 3.98. The van der Waals surface area contributed by atoms with E-state index in [-0.39, 0.29) is 5.56 Å². The Bertz CT molecular complexity index is 405. The highest BCUT2D eigenvalue weighted by molar-refractivity contribution is 9.10. The second-order valence-corrected chi connectivity index (χ2v) is 3.86. The standard InChI is InChI=1S/C9H5BrF4O2/c10-5-1-4(3-7(15)16)2-6(11)8(5)9(12,13)14/h1-2H,3H2,(H,15,16). The Hall–Kier alpha value is -1.11. The van der Waals surface area contributed by atoms with E-state index < -0.39 is 34.4 Å². The van der Waals surface area contributed by atoms with Crippen molar-refractivity contribution in [2.24, 2.45) is 0 Å². The molecule has 0 amide bonds. The van der Waals surface area contributed by atoms with Gasteiger partial charge < -0.3 is 5.11 Å². The SMILES string of the molecule is O=C(O)Cc1cc(F)c(C(F)(F)F)c(Br)c1. The number of alkyl halides is 3. The summed E-state index contributed by atoms with van der Waals surface area (Å²) in [6.07, 6.45) is -5.35. The van der Waals surface area contributed by atoms with Crippen LogP contribution in [0.4, 0.5) is 17.6 Å². The Kier molecular flexibility index (Phi) is 3.57. The summed E-state index contributed by atoms with van der Waals surface area (Å²) >= 11 is 2.57. The molecule has 0 aliphatic rings. The smallest absolute Gasteiger partial charge is 0.420 e. The van der Waals surface area contributed by atoms with Crippen LogP contribution in [0, 0.1) is 5.82 Å². The Labute approximate surface area is 96.0 Å². The van der Waals surface area contributed by atoms with Crippen molar-refractivity contribution >= 4 is 21.9 Å². The molecular weight excluding hydrogens is 296 g/mol. The van der Waals surface area contributed by atoms with Gasteiger partial charge in [0.25, 0.3) is 0 Å². The van der Waals surface area contributed by atoms with Gasteiger partial charge in [0.15, 0.2) is 0 Å². The highest BCUT2D eigenvalue weighted by Crippen LogP contribution is 2.37. The second-order valence-electron chi connectivity index (χ2n) is 3.00. The summed E-state index contributed by atoms with van der Waals surface area (Å²) in [5, 5.41) is 8.42. The third-order valence-corrected chi connectivity index (χ3v) is 2.37. The van der Waals surface area contributed by atoms with Gasteiger partial charge in [0.2, 0.25) is 0 Å².